The molecule has 13 nitrogen and oxygen atoms in total. The van der Waals surface area contributed by atoms with E-state index in [0.29, 0.717) is 5.56 Å². The van der Waals surface area contributed by atoms with Crippen molar-refractivity contribution in [2.45, 2.75) is 45.1 Å². The smallest absolute Gasteiger partial charge is 0.423 e. The molecule has 1 unspecified atom stereocenters. The highest BCUT2D eigenvalue weighted by Gasteiger charge is 2.40. The van der Waals surface area contributed by atoms with Gasteiger partial charge >= 0.3 is 12.1 Å². The molecule has 2 aromatic carbocycles. The first-order valence-corrected chi connectivity index (χ1v) is 14.9. The highest BCUT2D eigenvalue weighted by Crippen LogP contribution is 2.33. The Kier molecular flexibility index (Phi) is 8.00. The molecule has 1 fully saturated rings. The average Bonchev–Trinajstić information content (AvgIpc) is 3.48. The van der Waals surface area contributed by atoms with Gasteiger partial charge in [-0.2, -0.15) is 22.9 Å². The standard InChI is InChI=1S/C27H29F3N6O7S/c1-16(2)26(38)41-18(4)42-36-35(43-36)33-14-20(15-33)25(37)32-44(39,40)22-11-9-21(10-12-22)34-23(13-24(31-34)27(28,29)30)19-7-5-17(3)6-8-19/h5-13,16,18,20H,14-15H2,1-4H3,(H,32,37). The van der Waals surface area contributed by atoms with Crippen LogP contribution in [0.4, 0.5) is 13.2 Å². The summed E-state index contributed by atoms with van der Waals surface area (Å²) in [7, 11) is -4.29. The van der Waals surface area contributed by atoms with Crippen molar-refractivity contribution in [1.29, 1.82) is 0 Å². The quantitative estimate of drug-likeness (QED) is 0.205. The molecule has 236 valence electrons. The number of hydrogen-bond donors (Lipinski definition) is 1. The minimum atomic E-state index is -4.69. The molecule has 2 aromatic heterocycles. The van der Waals surface area contributed by atoms with Gasteiger partial charge in [0.2, 0.25) is 5.91 Å². The van der Waals surface area contributed by atoms with E-state index < -0.39 is 46.0 Å². The average molecular weight is 639 g/mol. The van der Waals surface area contributed by atoms with Crippen LogP contribution in [0.1, 0.15) is 32.0 Å². The summed E-state index contributed by atoms with van der Waals surface area (Å²) in [5, 5.41) is 6.22. The maximum atomic E-state index is 13.5. The first-order valence-electron chi connectivity index (χ1n) is 13.4. The molecular weight excluding hydrogens is 609 g/mol. The van der Waals surface area contributed by atoms with E-state index in [4.69, 9.17) is 14.2 Å². The monoisotopic (exact) mass is 638 g/mol. The van der Waals surface area contributed by atoms with Crippen molar-refractivity contribution in [2.75, 3.05) is 18.1 Å². The van der Waals surface area contributed by atoms with Gasteiger partial charge in [0.05, 0.1) is 41.2 Å². The summed E-state index contributed by atoms with van der Waals surface area (Å²) in [6.07, 6.45) is -5.62. The SMILES string of the molecule is Cc1ccc(-c2cc(C(F)(F)F)nn2-c2ccc(S(=O)(=O)NC(=O)C3CN(n4on4OC(C)OC(=O)C(C)C)C3)cc2)cc1. The number of sulfonamides is 1. The maximum absolute atomic E-state index is 13.5. The fourth-order valence-electron chi connectivity index (χ4n) is 4.16. The number of hydrogen-bond acceptors (Lipinski definition) is 9. The van der Waals surface area contributed by atoms with Crippen molar-refractivity contribution in [1.82, 2.24) is 24.5 Å². The number of nitrogens with zero attached hydrogens (tertiary/aromatic N) is 5. The van der Waals surface area contributed by atoms with Gasteiger partial charge in [0.15, 0.2) is 5.69 Å². The second-order valence-electron chi connectivity index (χ2n) is 10.6. The fourth-order valence-corrected chi connectivity index (χ4v) is 5.20. The zero-order chi connectivity index (χ0) is 32.0. The fraction of sp³-hybridized carbons (Fsp3) is 0.370. The third-order valence-corrected chi connectivity index (χ3v) is 8.06. The lowest BCUT2D eigenvalue weighted by atomic mass is 10.0. The van der Waals surface area contributed by atoms with Gasteiger partial charge in [-0.1, -0.05) is 43.7 Å². The lowest BCUT2D eigenvalue weighted by Gasteiger charge is -2.34. The second-order valence-corrected chi connectivity index (χ2v) is 12.2. The normalized spacial score (nSPS) is 14.9. The maximum Gasteiger partial charge on any atom is 0.435 e. The van der Waals surface area contributed by atoms with Crippen LogP contribution in [0.2, 0.25) is 0 Å². The molecule has 5 rings (SSSR count). The van der Waals surface area contributed by atoms with Crippen LogP contribution in [0, 0.1) is 18.8 Å². The molecule has 1 atom stereocenters. The minimum Gasteiger partial charge on any atom is -0.423 e. The van der Waals surface area contributed by atoms with Crippen molar-refractivity contribution in [3.63, 3.8) is 0 Å². The zero-order valence-electron chi connectivity index (χ0n) is 24.0. The molecule has 0 spiro atoms. The first kappa shape index (κ1) is 30.8. The third-order valence-electron chi connectivity index (χ3n) is 6.70. The Balaban J connectivity index is 1.21. The number of aromatic nitrogens is 4. The number of rotatable bonds is 10. The van der Waals surface area contributed by atoms with Gasteiger partial charge in [0, 0.05) is 17.5 Å². The summed E-state index contributed by atoms with van der Waals surface area (Å²) >= 11 is 0. The molecule has 0 radical (unpaired) electrons. The Labute approximate surface area is 249 Å². The van der Waals surface area contributed by atoms with Crippen molar-refractivity contribution in [3.05, 3.63) is 65.9 Å². The van der Waals surface area contributed by atoms with E-state index in [1.807, 2.05) is 11.6 Å². The molecular formula is C27H29F3N6O7S. The molecule has 1 amide bonds. The Bertz CT molecular complexity index is 1750. The number of halogens is 3. The van der Waals surface area contributed by atoms with Crippen molar-refractivity contribution >= 4 is 21.9 Å². The molecule has 17 heteroatoms. The Morgan fingerprint density at radius 2 is 1.68 bits per heavy atom. The van der Waals surface area contributed by atoms with Crippen LogP contribution in [-0.4, -0.2) is 59.4 Å². The first-order chi connectivity index (χ1) is 20.6. The summed E-state index contributed by atoms with van der Waals surface area (Å²) in [6, 6.07) is 12.7. The van der Waals surface area contributed by atoms with Gasteiger partial charge in [-0.25, -0.2) is 17.8 Å². The number of carbonyl (C=O) groups excluding carboxylic acids is 2. The Morgan fingerprint density at radius 3 is 2.27 bits per heavy atom. The van der Waals surface area contributed by atoms with Crippen LogP contribution >= 0.6 is 0 Å². The van der Waals surface area contributed by atoms with Crippen LogP contribution in [0.15, 0.2) is 64.1 Å². The third kappa shape index (κ3) is 6.61. The van der Waals surface area contributed by atoms with Crippen molar-refractivity contribution < 1.29 is 45.4 Å². The van der Waals surface area contributed by atoms with E-state index in [1.165, 1.54) is 36.2 Å². The van der Waals surface area contributed by atoms with E-state index >= 15 is 0 Å². The number of nitrogens with one attached hydrogen (secondary N) is 1. The highest BCUT2D eigenvalue weighted by molar-refractivity contribution is 7.90. The highest BCUT2D eigenvalue weighted by atomic mass is 32.2. The molecule has 1 N–H and O–H groups in total. The van der Waals surface area contributed by atoms with Crippen molar-refractivity contribution in [2.24, 2.45) is 11.8 Å². The molecule has 0 bridgehead atoms. The molecule has 1 aliphatic rings. The summed E-state index contributed by atoms with van der Waals surface area (Å²) in [4.78, 5) is 30.5. The summed E-state index contributed by atoms with van der Waals surface area (Å²) in [6.45, 7) is 6.93. The number of amides is 1. The Morgan fingerprint density at radius 1 is 1.05 bits per heavy atom. The minimum absolute atomic E-state index is 0.114. The van der Waals surface area contributed by atoms with Gasteiger partial charge in [-0.05, 0) is 37.3 Å². The summed E-state index contributed by atoms with van der Waals surface area (Å²) in [5.41, 5.74) is 0.671. The molecule has 44 heavy (non-hydrogen) atoms. The van der Waals surface area contributed by atoms with Crippen LogP contribution in [0.3, 0.4) is 0 Å². The van der Waals surface area contributed by atoms with E-state index in [1.54, 1.807) is 43.1 Å². The van der Waals surface area contributed by atoms with Crippen molar-refractivity contribution in [3.8, 4) is 16.9 Å². The van der Waals surface area contributed by atoms with Crippen LogP contribution < -0.4 is 14.6 Å². The topological polar surface area (TPSA) is 143 Å². The number of alkyl halides is 3. The largest absolute Gasteiger partial charge is 0.435 e. The molecule has 4 aromatic rings. The Hall–Kier alpha value is -4.67. The molecule has 0 aliphatic carbocycles. The van der Waals surface area contributed by atoms with Gasteiger partial charge in [-0.15, -0.1) is 0 Å². The molecule has 1 saturated heterocycles. The molecule has 1 aliphatic heterocycles. The number of aryl methyl sites for hydroxylation is 1. The summed E-state index contributed by atoms with van der Waals surface area (Å²) in [5.74, 6) is -2.22. The predicted molar refractivity (Wildman–Crippen MR) is 147 cm³/mol. The number of carbonyl (C=O) groups is 2. The molecule has 3 heterocycles. The lowest BCUT2D eigenvalue weighted by molar-refractivity contribution is -0.184. The molecule has 0 saturated carbocycles. The van der Waals surface area contributed by atoms with E-state index in [0.717, 1.165) is 21.3 Å². The number of ether oxygens (including phenoxy) is 1. The zero-order valence-corrected chi connectivity index (χ0v) is 24.8. The van der Waals surface area contributed by atoms with Crippen LogP contribution in [-0.2, 0) is 30.5 Å². The number of benzene rings is 2. The van der Waals surface area contributed by atoms with Gasteiger partial charge in [0.1, 0.15) is 5.02 Å². The second kappa shape index (κ2) is 11.4. The van der Waals surface area contributed by atoms with E-state index in [-0.39, 0.29) is 35.3 Å². The van der Waals surface area contributed by atoms with Gasteiger partial charge in [-0.3, -0.25) is 14.6 Å². The predicted octanol–water partition coefficient (Wildman–Crippen LogP) is 3.11. The number of esters is 1. The van der Waals surface area contributed by atoms with Gasteiger partial charge in [0.25, 0.3) is 16.3 Å². The van der Waals surface area contributed by atoms with Gasteiger partial charge < -0.3 is 9.57 Å². The summed E-state index contributed by atoms with van der Waals surface area (Å²) < 4.78 is 79.6. The van der Waals surface area contributed by atoms with E-state index in [9.17, 15) is 31.2 Å². The van der Waals surface area contributed by atoms with E-state index in [2.05, 4.69) is 5.10 Å². The lowest BCUT2D eigenvalue weighted by Crippen LogP contribution is -2.58. The van der Waals surface area contributed by atoms with Crippen LogP contribution in [0.25, 0.3) is 16.9 Å². The van der Waals surface area contributed by atoms with Crippen LogP contribution in [0.5, 0.6) is 0 Å².